The number of benzene rings is 1. The minimum atomic E-state index is -3.93. The third-order valence-corrected chi connectivity index (χ3v) is 10.8. The number of nitrogens with zero attached hydrogens (tertiary/aromatic N) is 1. The van der Waals surface area contributed by atoms with Gasteiger partial charge in [-0.25, -0.2) is 0 Å². The van der Waals surface area contributed by atoms with Crippen LogP contribution < -0.4 is 0 Å². The second kappa shape index (κ2) is 8.22. The first-order valence-electron chi connectivity index (χ1n) is 8.97. The van der Waals surface area contributed by atoms with Gasteiger partial charge in [-0.15, -0.1) is 0 Å². The SMILES string of the molecule is Cc1ccc(S(=O)(=O)O[C@@H](CO[Si](C)(C)C(C)(C)C)c2ccccn2)cc1. The number of hydrogen-bond donors (Lipinski definition) is 0. The van der Waals surface area contributed by atoms with E-state index in [1.807, 2.05) is 13.0 Å². The van der Waals surface area contributed by atoms with Gasteiger partial charge in [0, 0.05) is 6.20 Å². The topological polar surface area (TPSA) is 65.5 Å². The van der Waals surface area contributed by atoms with Crippen molar-refractivity contribution in [2.75, 3.05) is 6.61 Å². The van der Waals surface area contributed by atoms with E-state index in [9.17, 15) is 8.42 Å². The standard InChI is InChI=1S/C20H29NO4SSi/c1-16-10-12-17(13-11-16)26(22,23)25-19(18-9-7-8-14-21-18)15-24-27(5,6)20(2,3)4/h7-14,19H,15H2,1-6H3/t19-/m0/s1. The molecule has 5 nitrogen and oxygen atoms in total. The van der Waals surface area contributed by atoms with E-state index >= 15 is 0 Å². The van der Waals surface area contributed by atoms with Gasteiger partial charge in [-0.2, -0.15) is 8.42 Å². The molecule has 0 unspecified atom stereocenters. The first-order valence-corrected chi connectivity index (χ1v) is 13.3. The predicted molar refractivity (Wildman–Crippen MR) is 110 cm³/mol. The van der Waals surface area contributed by atoms with Gasteiger partial charge in [0.05, 0.1) is 17.2 Å². The predicted octanol–water partition coefficient (Wildman–Crippen LogP) is 4.86. The maximum atomic E-state index is 12.8. The average molecular weight is 408 g/mol. The zero-order chi connectivity index (χ0) is 20.3. The van der Waals surface area contributed by atoms with Crippen LogP contribution >= 0.6 is 0 Å². The fourth-order valence-electron chi connectivity index (χ4n) is 2.14. The van der Waals surface area contributed by atoms with Crippen molar-refractivity contribution in [2.24, 2.45) is 0 Å². The number of aromatic nitrogens is 1. The molecule has 0 bridgehead atoms. The van der Waals surface area contributed by atoms with Crippen LogP contribution in [0.3, 0.4) is 0 Å². The molecular formula is C20H29NO4SSi. The van der Waals surface area contributed by atoms with E-state index < -0.39 is 24.5 Å². The van der Waals surface area contributed by atoms with Gasteiger partial charge in [-0.05, 0) is 49.3 Å². The Balaban J connectivity index is 2.27. The molecular weight excluding hydrogens is 378 g/mol. The second-order valence-corrected chi connectivity index (χ2v) is 14.6. The molecule has 1 aromatic carbocycles. The lowest BCUT2D eigenvalue weighted by molar-refractivity contribution is 0.123. The van der Waals surface area contributed by atoms with E-state index in [0.717, 1.165) is 5.56 Å². The molecule has 2 aromatic rings. The molecule has 1 heterocycles. The number of pyridine rings is 1. The molecule has 0 aliphatic rings. The Labute approximate surface area is 164 Å². The molecule has 1 aromatic heterocycles. The fourth-order valence-corrected chi connectivity index (χ4v) is 4.18. The van der Waals surface area contributed by atoms with Gasteiger partial charge in [-0.1, -0.05) is 44.5 Å². The summed E-state index contributed by atoms with van der Waals surface area (Å²) in [5.74, 6) is 0. The third-order valence-electron chi connectivity index (χ3n) is 4.97. The minimum absolute atomic E-state index is 0.0114. The summed E-state index contributed by atoms with van der Waals surface area (Å²) >= 11 is 0. The van der Waals surface area contributed by atoms with Crippen LogP contribution in [0.1, 0.15) is 38.1 Å². The highest BCUT2D eigenvalue weighted by Crippen LogP contribution is 2.37. The van der Waals surface area contributed by atoms with Gasteiger partial charge in [0.1, 0.15) is 6.10 Å². The van der Waals surface area contributed by atoms with Crippen LogP contribution in [0.15, 0.2) is 53.6 Å². The molecule has 0 N–H and O–H groups in total. The van der Waals surface area contributed by atoms with Crippen molar-refractivity contribution in [2.45, 2.75) is 56.8 Å². The molecule has 148 valence electrons. The molecule has 1 atom stereocenters. The highest BCUT2D eigenvalue weighted by atomic mass is 32.2. The molecule has 0 fully saturated rings. The van der Waals surface area contributed by atoms with E-state index in [2.05, 4.69) is 38.8 Å². The second-order valence-electron chi connectivity index (χ2n) is 8.18. The molecule has 0 amide bonds. The third kappa shape index (κ3) is 5.71. The summed E-state index contributed by atoms with van der Waals surface area (Å²) < 4.78 is 37.3. The summed E-state index contributed by atoms with van der Waals surface area (Å²) in [7, 11) is -6.00. The summed E-state index contributed by atoms with van der Waals surface area (Å²) in [5.41, 5.74) is 1.52. The van der Waals surface area contributed by atoms with Gasteiger partial charge in [0.2, 0.25) is 0 Å². The largest absolute Gasteiger partial charge is 0.414 e. The van der Waals surface area contributed by atoms with Gasteiger partial charge in [0.15, 0.2) is 8.32 Å². The van der Waals surface area contributed by atoms with Crippen LogP contribution in [0.2, 0.25) is 18.1 Å². The average Bonchev–Trinajstić information content (AvgIpc) is 2.58. The molecule has 0 saturated heterocycles. The Hall–Kier alpha value is -1.54. The summed E-state index contributed by atoms with van der Waals surface area (Å²) in [6.07, 6.45) is 0.822. The van der Waals surface area contributed by atoms with Gasteiger partial charge < -0.3 is 4.43 Å². The first-order chi connectivity index (χ1) is 12.4. The van der Waals surface area contributed by atoms with Crippen LogP contribution in [0.5, 0.6) is 0 Å². The van der Waals surface area contributed by atoms with Crippen LogP contribution in [0.4, 0.5) is 0 Å². The van der Waals surface area contributed by atoms with Crippen LogP contribution in [-0.2, 0) is 18.7 Å². The van der Waals surface area contributed by atoms with Crippen molar-refractivity contribution in [3.05, 3.63) is 59.9 Å². The van der Waals surface area contributed by atoms with Gasteiger partial charge in [0.25, 0.3) is 10.1 Å². The smallest absolute Gasteiger partial charge is 0.297 e. The maximum Gasteiger partial charge on any atom is 0.297 e. The van der Waals surface area contributed by atoms with E-state index in [4.69, 9.17) is 8.61 Å². The fraction of sp³-hybridized carbons (Fsp3) is 0.450. The van der Waals surface area contributed by atoms with Crippen molar-refractivity contribution in [3.8, 4) is 0 Å². The Morgan fingerprint density at radius 2 is 1.70 bits per heavy atom. The van der Waals surface area contributed by atoms with Crippen molar-refractivity contribution in [1.82, 2.24) is 4.98 Å². The summed E-state index contributed by atoms with van der Waals surface area (Å²) in [6.45, 7) is 12.7. The summed E-state index contributed by atoms with van der Waals surface area (Å²) in [6, 6.07) is 11.9. The van der Waals surface area contributed by atoms with E-state index in [-0.39, 0.29) is 16.5 Å². The van der Waals surface area contributed by atoms with Gasteiger partial charge in [-0.3, -0.25) is 9.17 Å². The zero-order valence-electron chi connectivity index (χ0n) is 16.9. The van der Waals surface area contributed by atoms with Gasteiger partial charge >= 0.3 is 0 Å². The lowest BCUT2D eigenvalue weighted by Gasteiger charge is -2.37. The van der Waals surface area contributed by atoms with Crippen LogP contribution in [0, 0.1) is 6.92 Å². The quantitative estimate of drug-likeness (QED) is 0.484. The Morgan fingerprint density at radius 1 is 1.07 bits per heavy atom. The molecule has 0 aliphatic heterocycles. The molecule has 7 heteroatoms. The van der Waals surface area contributed by atoms with Crippen molar-refractivity contribution >= 4 is 18.4 Å². The molecule has 0 spiro atoms. The van der Waals surface area contributed by atoms with Crippen LogP contribution in [0.25, 0.3) is 0 Å². The lowest BCUT2D eigenvalue weighted by atomic mass is 10.2. The highest BCUT2D eigenvalue weighted by Gasteiger charge is 2.38. The highest BCUT2D eigenvalue weighted by molar-refractivity contribution is 7.86. The molecule has 0 radical (unpaired) electrons. The number of aryl methyl sites for hydroxylation is 1. The first kappa shape index (κ1) is 21.8. The minimum Gasteiger partial charge on any atom is -0.414 e. The maximum absolute atomic E-state index is 12.8. The zero-order valence-corrected chi connectivity index (χ0v) is 18.7. The molecule has 27 heavy (non-hydrogen) atoms. The normalized spacial score (nSPS) is 14.1. The lowest BCUT2D eigenvalue weighted by Crippen LogP contribution is -2.42. The summed E-state index contributed by atoms with van der Waals surface area (Å²) in [5, 5.41) is 0.0114. The number of rotatable bonds is 7. The molecule has 0 saturated carbocycles. The van der Waals surface area contributed by atoms with Crippen molar-refractivity contribution in [1.29, 1.82) is 0 Å². The van der Waals surface area contributed by atoms with E-state index in [1.54, 1.807) is 42.6 Å². The monoisotopic (exact) mass is 407 g/mol. The number of hydrogen-bond acceptors (Lipinski definition) is 5. The van der Waals surface area contributed by atoms with Crippen molar-refractivity contribution in [3.63, 3.8) is 0 Å². The van der Waals surface area contributed by atoms with Crippen molar-refractivity contribution < 1.29 is 17.0 Å². The van der Waals surface area contributed by atoms with E-state index in [1.165, 1.54) is 0 Å². The summed E-state index contributed by atoms with van der Waals surface area (Å²) in [4.78, 5) is 4.41. The Kier molecular flexibility index (Phi) is 6.62. The Bertz CT molecular complexity index is 844. The Morgan fingerprint density at radius 3 is 2.22 bits per heavy atom. The molecule has 0 aliphatic carbocycles. The molecule has 2 rings (SSSR count). The van der Waals surface area contributed by atoms with E-state index in [0.29, 0.717) is 5.69 Å². The van der Waals surface area contributed by atoms with Crippen LogP contribution in [-0.4, -0.2) is 28.3 Å².